The number of rotatable bonds is 2. The third-order valence-corrected chi connectivity index (χ3v) is 2.65. The van der Waals surface area contributed by atoms with Crippen LogP contribution < -0.4 is 4.90 Å². The van der Waals surface area contributed by atoms with Crippen LogP contribution in [-0.2, 0) is 0 Å². The molecule has 1 N–H and O–H groups in total. The van der Waals surface area contributed by atoms with Gasteiger partial charge in [0.25, 0.3) is 0 Å². The molecule has 2 aromatic rings. The van der Waals surface area contributed by atoms with Gasteiger partial charge in [-0.25, -0.2) is 0 Å². The predicted molar refractivity (Wildman–Crippen MR) is 62.8 cm³/mol. The molecule has 1 heterocycles. The molecule has 3 heteroatoms. The highest BCUT2D eigenvalue weighted by Crippen LogP contribution is 2.24. The zero-order valence-corrected chi connectivity index (χ0v) is 9.16. The monoisotopic (exact) mass is 202 g/mol. The van der Waals surface area contributed by atoms with E-state index in [0.717, 1.165) is 34.1 Å². The van der Waals surface area contributed by atoms with E-state index < -0.39 is 0 Å². The summed E-state index contributed by atoms with van der Waals surface area (Å²) in [6.07, 6.45) is 0.910. The molecule has 1 aromatic carbocycles. The number of anilines is 1. The van der Waals surface area contributed by atoms with Crippen molar-refractivity contribution in [3.63, 3.8) is 0 Å². The van der Waals surface area contributed by atoms with E-state index in [0.29, 0.717) is 0 Å². The predicted octanol–water partition coefficient (Wildman–Crippen LogP) is 2.35. The van der Waals surface area contributed by atoms with Crippen LogP contribution in [0.3, 0.4) is 0 Å². The Bertz CT molecular complexity index is 512. The number of benzene rings is 1. The normalized spacial score (nSPS) is 10.6. The average Bonchev–Trinajstić information content (AvgIpc) is 2.51. The Morgan fingerprint density at radius 2 is 2.07 bits per heavy atom. The lowest BCUT2D eigenvalue weighted by molar-refractivity contribution is 0.112. The molecule has 0 spiro atoms. The van der Waals surface area contributed by atoms with Crippen LogP contribution in [0.4, 0.5) is 5.69 Å². The van der Waals surface area contributed by atoms with E-state index in [-0.39, 0.29) is 0 Å². The van der Waals surface area contributed by atoms with Gasteiger partial charge in [0.05, 0.1) is 0 Å². The number of H-pyrrole nitrogens is 1. The summed E-state index contributed by atoms with van der Waals surface area (Å²) in [6, 6.07) is 6.07. The number of carbonyl (C=O) groups is 1. The zero-order valence-electron chi connectivity index (χ0n) is 9.16. The SMILES string of the molecule is Cc1[nH]c2ccc(N(C)C)cc2c1C=O. The number of aryl methyl sites for hydroxylation is 1. The molecule has 0 fully saturated rings. The largest absolute Gasteiger partial charge is 0.378 e. The molecule has 15 heavy (non-hydrogen) atoms. The van der Waals surface area contributed by atoms with Crippen molar-refractivity contribution >= 4 is 22.9 Å². The summed E-state index contributed by atoms with van der Waals surface area (Å²) in [5.74, 6) is 0. The van der Waals surface area contributed by atoms with Gasteiger partial charge in [-0.15, -0.1) is 0 Å². The Morgan fingerprint density at radius 3 is 2.67 bits per heavy atom. The first-order valence-electron chi connectivity index (χ1n) is 4.88. The topological polar surface area (TPSA) is 36.1 Å². The van der Waals surface area contributed by atoms with Gasteiger partial charge in [-0.05, 0) is 25.1 Å². The van der Waals surface area contributed by atoms with E-state index in [4.69, 9.17) is 0 Å². The third kappa shape index (κ3) is 1.50. The van der Waals surface area contributed by atoms with Crippen LogP contribution in [0.1, 0.15) is 16.1 Å². The van der Waals surface area contributed by atoms with Crippen LogP contribution >= 0.6 is 0 Å². The highest BCUT2D eigenvalue weighted by molar-refractivity contribution is 6.00. The maximum Gasteiger partial charge on any atom is 0.152 e. The molecule has 0 aliphatic carbocycles. The molecule has 2 rings (SSSR count). The molecule has 0 radical (unpaired) electrons. The van der Waals surface area contributed by atoms with E-state index in [1.54, 1.807) is 0 Å². The highest BCUT2D eigenvalue weighted by atomic mass is 16.1. The minimum absolute atomic E-state index is 0.758. The van der Waals surface area contributed by atoms with Crippen LogP contribution in [-0.4, -0.2) is 25.4 Å². The van der Waals surface area contributed by atoms with Gasteiger partial charge in [0, 0.05) is 41.9 Å². The number of nitrogens with zero attached hydrogens (tertiary/aromatic N) is 1. The lowest BCUT2D eigenvalue weighted by atomic mass is 10.1. The smallest absolute Gasteiger partial charge is 0.152 e. The minimum Gasteiger partial charge on any atom is -0.378 e. The minimum atomic E-state index is 0.758. The number of nitrogens with one attached hydrogen (secondary N) is 1. The molecule has 0 atom stereocenters. The van der Waals surface area contributed by atoms with Crippen molar-refractivity contribution in [2.75, 3.05) is 19.0 Å². The molecule has 0 aliphatic rings. The van der Waals surface area contributed by atoms with Gasteiger partial charge in [0.2, 0.25) is 0 Å². The molecule has 0 amide bonds. The van der Waals surface area contributed by atoms with E-state index in [2.05, 4.69) is 4.98 Å². The molecule has 1 aromatic heterocycles. The maximum absolute atomic E-state index is 10.9. The molecule has 0 unspecified atom stereocenters. The van der Waals surface area contributed by atoms with E-state index in [1.807, 2.05) is 44.1 Å². The molecule has 0 saturated carbocycles. The van der Waals surface area contributed by atoms with E-state index in [1.165, 1.54) is 0 Å². The molecule has 0 saturated heterocycles. The lowest BCUT2D eigenvalue weighted by Crippen LogP contribution is -2.07. The van der Waals surface area contributed by atoms with Crippen LogP contribution in [0.25, 0.3) is 10.9 Å². The molecular formula is C12H14N2O. The molecule has 78 valence electrons. The van der Waals surface area contributed by atoms with Gasteiger partial charge in [-0.2, -0.15) is 0 Å². The van der Waals surface area contributed by atoms with Gasteiger partial charge >= 0.3 is 0 Å². The molecular weight excluding hydrogens is 188 g/mol. The molecule has 0 aliphatic heterocycles. The van der Waals surface area contributed by atoms with Gasteiger partial charge in [-0.1, -0.05) is 0 Å². The number of aromatic amines is 1. The van der Waals surface area contributed by atoms with Gasteiger partial charge in [0.15, 0.2) is 6.29 Å². The summed E-state index contributed by atoms with van der Waals surface area (Å²) in [4.78, 5) is 16.2. The summed E-state index contributed by atoms with van der Waals surface area (Å²) in [5, 5.41) is 0.994. The Labute approximate surface area is 88.7 Å². The van der Waals surface area contributed by atoms with Gasteiger partial charge < -0.3 is 9.88 Å². The van der Waals surface area contributed by atoms with Crippen molar-refractivity contribution in [1.82, 2.24) is 4.98 Å². The highest BCUT2D eigenvalue weighted by Gasteiger charge is 2.08. The zero-order chi connectivity index (χ0) is 11.0. The fourth-order valence-corrected chi connectivity index (χ4v) is 1.77. The Morgan fingerprint density at radius 1 is 1.33 bits per heavy atom. The van der Waals surface area contributed by atoms with Crippen LogP contribution in [0.15, 0.2) is 18.2 Å². The Balaban J connectivity index is 2.73. The lowest BCUT2D eigenvalue weighted by Gasteiger charge is -2.11. The van der Waals surface area contributed by atoms with Crippen molar-refractivity contribution < 1.29 is 4.79 Å². The number of aromatic nitrogens is 1. The van der Waals surface area contributed by atoms with Crippen molar-refractivity contribution in [3.05, 3.63) is 29.5 Å². The fraction of sp³-hybridized carbons (Fsp3) is 0.250. The first-order valence-corrected chi connectivity index (χ1v) is 4.88. The average molecular weight is 202 g/mol. The van der Waals surface area contributed by atoms with E-state index in [9.17, 15) is 4.79 Å². The number of carbonyl (C=O) groups excluding carboxylic acids is 1. The van der Waals surface area contributed by atoms with Crippen LogP contribution in [0, 0.1) is 6.92 Å². The van der Waals surface area contributed by atoms with Crippen molar-refractivity contribution in [3.8, 4) is 0 Å². The van der Waals surface area contributed by atoms with Gasteiger partial charge in [-0.3, -0.25) is 4.79 Å². The Hall–Kier alpha value is -1.77. The fourth-order valence-electron chi connectivity index (χ4n) is 1.77. The number of aldehydes is 1. The number of hydrogen-bond acceptors (Lipinski definition) is 2. The van der Waals surface area contributed by atoms with Crippen molar-refractivity contribution in [2.24, 2.45) is 0 Å². The summed E-state index contributed by atoms with van der Waals surface area (Å²) >= 11 is 0. The second-order valence-corrected chi connectivity index (χ2v) is 3.91. The van der Waals surface area contributed by atoms with Gasteiger partial charge in [0.1, 0.15) is 0 Å². The first-order chi connectivity index (χ1) is 7.13. The molecule has 3 nitrogen and oxygen atoms in total. The maximum atomic E-state index is 10.9. The second kappa shape index (κ2) is 3.42. The summed E-state index contributed by atoms with van der Waals surface area (Å²) < 4.78 is 0. The number of fused-ring (bicyclic) bond motifs is 1. The number of hydrogen-bond donors (Lipinski definition) is 1. The van der Waals surface area contributed by atoms with Crippen molar-refractivity contribution in [2.45, 2.75) is 6.92 Å². The van der Waals surface area contributed by atoms with E-state index >= 15 is 0 Å². The second-order valence-electron chi connectivity index (χ2n) is 3.91. The summed E-state index contributed by atoms with van der Waals surface area (Å²) in [7, 11) is 3.97. The summed E-state index contributed by atoms with van der Waals surface area (Å²) in [5.41, 5.74) is 3.80. The standard InChI is InChI=1S/C12H14N2O/c1-8-11(7-15)10-6-9(14(2)3)4-5-12(10)13-8/h4-7,13H,1-3H3. The first kappa shape index (κ1) is 9.77. The third-order valence-electron chi connectivity index (χ3n) is 2.65. The van der Waals surface area contributed by atoms with Crippen molar-refractivity contribution in [1.29, 1.82) is 0 Å². The quantitative estimate of drug-likeness (QED) is 0.759. The van der Waals surface area contributed by atoms with Crippen LogP contribution in [0.2, 0.25) is 0 Å². The summed E-state index contributed by atoms with van der Waals surface area (Å²) in [6.45, 7) is 1.92. The molecule has 0 bridgehead atoms. The Kier molecular flexibility index (Phi) is 2.23. The van der Waals surface area contributed by atoms with Crippen LogP contribution in [0.5, 0.6) is 0 Å².